The molecular weight excluding hydrogens is 479 g/mol. The molecular formula is C24H42Cl2OSi2Ti. The van der Waals surface area contributed by atoms with Crippen LogP contribution >= 0.6 is 24.8 Å². The normalized spacial score (nSPS) is 13.9. The molecule has 0 radical (unpaired) electrons. The van der Waals surface area contributed by atoms with E-state index >= 15 is 0 Å². The summed E-state index contributed by atoms with van der Waals surface area (Å²) in [6.07, 6.45) is 5.89. The Morgan fingerprint density at radius 1 is 1.07 bits per heavy atom. The predicted octanol–water partition coefficient (Wildman–Crippen LogP) is 7.05. The zero-order valence-corrected chi connectivity index (χ0v) is 26.2. The molecule has 0 saturated carbocycles. The van der Waals surface area contributed by atoms with Crippen LogP contribution in [0.3, 0.4) is 0 Å². The molecule has 0 aliphatic heterocycles. The van der Waals surface area contributed by atoms with Gasteiger partial charge in [0.2, 0.25) is 0 Å². The Labute approximate surface area is 207 Å². The molecule has 1 aromatic carbocycles. The monoisotopic (exact) mass is 520 g/mol. The standard InChI is InChI=1S/C13H22OSi.C8H13Si.C3H6.2ClH.Ti/c1-9-7-10(13(2,3)4)12(15(5)6)11(14)8-9;1-9(2,3)8-6-4-5-7-8;1-3-2;;;/h7-8,14-15H,1-6H3;4,6H,5H2,1-3H3;1-2H3;2*1H;/q;;;;;+1/p-1. The van der Waals surface area contributed by atoms with E-state index in [1.807, 2.05) is 0 Å². The molecule has 0 N–H and O–H groups in total. The van der Waals surface area contributed by atoms with Crippen LogP contribution in [0.25, 0.3) is 0 Å². The Balaban J connectivity index is 0.00000420. The van der Waals surface area contributed by atoms with E-state index in [1.165, 1.54) is 20.7 Å². The van der Waals surface area contributed by atoms with Crippen molar-refractivity contribution in [2.24, 2.45) is 0 Å². The molecule has 0 atom stereocenters. The first-order valence-electron chi connectivity index (χ1n) is 10.6. The Bertz CT molecular complexity index is 853. The third-order valence-corrected chi connectivity index (χ3v) is 13.3. The first-order chi connectivity index (χ1) is 12.7. The largest absolute Gasteiger partial charge is 0.147 e. The summed E-state index contributed by atoms with van der Waals surface area (Å²) in [5.41, 5.74) is 2.98. The summed E-state index contributed by atoms with van der Waals surface area (Å²) >= 11 is -1.96. The summed E-state index contributed by atoms with van der Waals surface area (Å²) in [5, 5.41) is 3.20. The maximum absolute atomic E-state index is 7.08. The molecule has 0 amide bonds. The van der Waals surface area contributed by atoms with Crippen LogP contribution in [-0.2, 0) is 23.2 Å². The van der Waals surface area contributed by atoms with Gasteiger partial charge in [-0.15, -0.1) is 24.8 Å². The second-order valence-electron chi connectivity index (χ2n) is 10.8. The van der Waals surface area contributed by atoms with Gasteiger partial charge in [-0.3, -0.25) is 0 Å². The first-order valence-corrected chi connectivity index (χ1v) is 19.2. The van der Waals surface area contributed by atoms with E-state index < -0.39 is 34.7 Å². The predicted molar refractivity (Wildman–Crippen MR) is 144 cm³/mol. The SMILES string of the molecule is C[C](C)=[Ti]([O]c1cc(C)cc(C(C)(C)C)c1[SiH](C)C)[C]1=C([Si](C)(C)C)C=CC1.Cl.Cl. The number of hydrogen-bond acceptors (Lipinski definition) is 1. The van der Waals surface area contributed by atoms with Crippen LogP contribution in [0.2, 0.25) is 32.7 Å². The van der Waals surface area contributed by atoms with Crippen LogP contribution in [-0.4, -0.2) is 20.7 Å². The van der Waals surface area contributed by atoms with Gasteiger partial charge in [0.25, 0.3) is 0 Å². The average molecular weight is 522 g/mol. The molecule has 0 aromatic heterocycles. The van der Waals surface area contributed by atoms with Crippen molar-refractivity contribution >= 4 is 50.7 Å². The Kier molecular flexibility index (Phi) is 11.3. The zero-order chi connectivity index (χ0) is 21.4. The third-order valence-electron chi connectivity index (χ3n) is 5.35. The first kappa shape index (κ1) is 30.1. The molecule has 1 aliphatic rings. The molecule has 0 saturated heterocycles. The second kappa shape index (κ2) is 11.3. The van der Waals surface area contributed by atoms with Crippen LogP contribution in [0, 0.1) is 6.92 Å². The molecule has 0 heterocycles. The van der Waals surface area contributed by atoms with Gasteiger partial charge in [0, 0.05) is 0 Å². The van der Waals surface area contributed by atoms with Crippen LogP contribution in [0.4, 0.5) is 0 Å². The summed E-state index contributed by atoms with van der Waals surface area (Å²) in [7, 11) is -2.38. The molecule has 0 unspecified atom stereocenters. The minimum atomic E-state index is -1.96. The van der Waals surface area contributed by atoms with E-state index in [0.717, 1.165) is 6.42 Å². The van der Waals surface area contributed by atoms with Crippen molar-refractivity contribution in [1.29, 1.82) is 0 Å². The summed E-state index contributed by atoms with van der Waals surface area (Å²) < 4.78 is 10.3. The van der Waals surface area contributed by atoms with Gasteiger partial charge in [-0.05, 0) is 0 Å². The van der Waals surface area contributed by atoms with E-state index in [0.29, 0.717) is 0 Å². The van der Waals surface area contributed by atoms with Crippen LogP contribution in [0.15, 0.2) is 33.4 Å². The molecule has 0 spiro atoms. The van der Waals surface area contributed by atoms with Crippen molar-refractivity contribution in [2.45, 2.75) is 86.1 Å². The van der Waals surface area contributed by atoms with Gasteiger partial charge < -0.3 is 0 Å². The Hall–Kier alpha value is 0.0981. The average Bonchev–Trinajstić information content (AvgIpc) is 2.99. The van der Waals surface area contributed by atoms with Crippen molar-refractivity contribution in [3.63, 3.8) is 0 Å². The van der Waals surface area contributed by atoms with Crippen molar-refractivity contribution in [2.75, 3.05) is 0 Å². The quantitative estimate of drug-likeness (QED) is 0.378. The maximum Gasteiger partial charge on any atom is -0.147 e. The second-order valence-corrected chi connectivity index (χ2v) is 22.6. The van der Waals surface area contributed by atoms with Crippen LogP contribution in [0.1, 0.15) is 52.2 Å². The van der Waals surface area contributed by atoms with Crippen molar-refractivity contribution in [3.8, 4) is 5.75 Å². The van der Waals surface area contributed by atoms with Gasteiger partial charge in [-0.2, -0.15) is 0 Å². The molecule has 1 nitrogen and oxygen atoms in total. The van der Waals surface area contributed by atoms with Crippen molar-refractivity contribution in [1.82, 2.24) is 0 Å². The molecule has 6 heteroatoms. The topological polar surface area (TPSA) is 9.23 Å². The summed E-state index contributed by atoms with van der Waals surface area (Å²) in [6.45, 7) is 26.1. The smallest absolute Gasteiger partial charge is 0.147 e. The van der Waals surface area contributed by atoms with E-state index in [2.05, 4.69) is 98.6 Å². The van der Waals surface area contributed by atoms with E-state index in [-0.39, 0.29) is 30.2 Å². The minimum absolute atomic E-state index is 0. The fraction of sp³-hybridized carbons (Fsp3) is 0.542. The molecule has 0 bridgehead atoms. The molecule has 30 heavy (non-hydrogen) atoms. The third kappa shape index (κ3) is 7.05. The van der Waals surface area contributed by atoms with Gasteiger partial charge in [0.15, 0.2) is 0 Å². The molecule has 2 rings (SSSR count). The molecule has 170 valence electrons. The van der Waals surface area contributed by atoms with Gasteiger partial charge in [-0.25, -0.2) is 0 Å². The number of benzene rings is 1. The molecule has 1 aromatic rings. The number of aryl methyl sites for hydroxylation is 1. The van der Waals surface area contributed by atoms with E-state index in [4.69, 9.17) is 3.32 Å². The summed E-state index contributed by atoms with van der Waals surface area (Å²) in [5.74, 6) is 1.21. The number of halogens is 2. The van der Waals surface area contributed by atoms with E-state index in [1.54, 1.807) is 14.3 Å². The van der Waals surface area contributed by atoms with Gasteiger partial charge >= 0.3 is 183 Å². The van der Waals surface area contributed by atoms with Crippen molar-refractivity contribution in [3.05, 3.63) is 44.5 Å². The minimum Gasteiger partial charge on any atom is -0.147 e. The Morgan fingerprint density at radius 2 is 1.63 bits per heavy atom. The van der Waals surface area contributed by atoms with E-state index in [9.17, 15) is 0 Å². The molecule has 0 fully saturated rings. The fourth-order valence-corrected chi connectivity index (χ4v) is 13.0. The van der Waals surface area contributed by atoms with Gasteiger partial charge in [-0.1, -0.05) is 0 Å². The zero-order valence-electron chi connectivity index (χ0n) is 20.8. The summed E-state index contributed by atoms with van der Waals surface area (Å²) in [6, 6.07) is 4.73. The molecule has 1 aliphatic carbocycles. The fourth-order valence-electron chi connectivity index (χ4n) is 4.06. The number of allylic oxidation sites excluding steroid dienone is 4. The van der Waals surface area contributed by atoms with Crippen LogP contribution in [0.5, 0.6) is 5.75 Å². The Morgan fingerprint density at radius 3 is 2.07 bits per heavy atom. The van der Waals surface area contributed by atoms with Crippen LogP contribution < -0.4 is 8.51 Å². The number of hydrogen-bond donors (Lipinski definition) is 0. The van der Waals surface area contributed by atoms with Gasteiger partial charge in [0.05, 0.1) is 0 Å². The maximum atomic E-state index is 7.08. The van der Waals surface area contributed by atoms with Crippen molar-refractivity contribution < 1.29 is 21.1 Å². The number of rotatable bonds is 5. The summed E-state index contributed by atoms with van der Waals surface area (Å²) in [4.78, 5) is 0. The van der Waals surface area contributed by atoms with Gasteiger partial charge in [0.1, 0.15) is 0 Å².